The van der Waals surface area contributed by atoms with Crippen molar-refractivity contribution in [2.45, 2.75) is 119 Å². The lowest BCUT2D eigenvalue weighted by atomic mass is 9.85. The lowest BCUT2D eigenvalue weighted by Crippen LogP contribution is -2.50. The van der Waals surface area contributed by atoms with E-state index in [-0.39, 0.29) is 19.3 Å². The van der Waals surface area contributed by atoms with Crippen LogP contribution in [0.15, 0.2) is 164 Å². The van der Waals surface area contributed by atoms with Gasteiger partial charge in [0.2, 0.25) is 35.4 Å². The largest absolute Gasteiger partial charge is 0.361 e. The van der Waals surface area contributed by atoms with Crippen LogP contribution >= 0.6 is 0 Å². The molecule has 91 heavy (non-hydrogen) atoms. The average Bonchev–Trinajstić information content (AvgIpc) is 1.26. The highest BCUT2D eigenvalue weighted by atomic mass is 16.2. The van der Waals surface area contributed by atoms with Gasteiger partial charge in [-0.15, -0.1) is 0 Å². The number of unbranched alkanes of at least 4 members (excludes halogenated alkanes) is 3. The van der Waals surface area contributed by atoms with Crippen molar-refractivity contribution in [3.05, 3.63) is 198 Å². The Labute approximate surface area is 529 Å². The topological polar surface area (TPSA) is 378 Å². The Morgan fingerprint density at radius 1 is 0.341 bits per heavy atom. The number of nitrogens with two attached hydrogens (primary N) is 6. The Hall–Kier alpha value is -9.48. The Balaban J connectivity index is 0.921. The van der Waals surface area contributed by atoms with E-state index in [1.807, 2.05) is 128 Å². The molecule has 3 heterocycles. The number of H-pyrrole nitrogens is 3. The molecule has 0 aliphatic carbocycles. The standard InChI is InChI=1S/C70H85N15O6/c71-34-10-7-19-61(83-65(86)55(74)37-46-40-77-58-16-4-1-13-52(46)58)68(89)80-49-28-22-43(23-29-49)64(44-24-30-50(31-25-44)81-69(90)62(20-8-11-35-72)84-66(87)56(75)38-47-41-78-59-17-5-2-14-53(47)59)45-26-32-51(33-27-45)82-70(91)63(21-9-12-36-73)85-67(88)57(76)39-48-42-79-60-18-6-3-15-54(48)60/h1-6,13-18,22-33,40-42,55-57,61-64,77-79H,7-12,19-21,34-39,71-76H2,(H,80,89)(H,81,90)(H,82,91)(H,83,86)(H,84,87)(H,85,88)/t55-,56-,57-,61-,62-,63-/m1/s1. The number of aromatic nitrogens is 3. The van der Waals surface area contributed by atoms with Gasteiger partial charge < -0.3 is 81.3 Å². The normalized spacial score (nSPS) is 13.5. The number of amides is 6. The summed E-state index contributed by atoms with van der Waals surface area (Å²) in [6.07, 6.45) is 11.1. The molecule has 0 fully saturated rings. The maximum absolute atomic E-state index is 14.1. The maximum Gasteiger partial charge on any atom is 0.246 e. The van der Waals surface area contributed by atoms with Crippen LogP contribution < -0.4 is 66.3 Å². The van der Waals surface area contributed by atoms with Crippen LogP contribution in [0.1, 0.15) is 97.1 Å². The summed E-state index contributed by atoms with van der Waals surface area (Å²) in [5.74, 6) is -3.01. The van der Waals surface area contributed by atoms with E-state index >= 15 is 0 Å². The van der Waals surface area contributed by atoms with Crippen molar-refractivity contribution in [2.75, 3.05) is 35.6 Å². The molecule has 0 unspecified atom stereocenters. The molecule has 0 bridgehead atoms. The molecule has 6 atom stereocenters. The summed E-state index contributed by atoms with van der Waals surface area (Å²) in [5, 5.41) is 20.7. The van der Waals surface area contributed by atoms with Gasteiger partial charge in [-0.3, -0.25) is 28.8 Å². The summed E-state index contributed by atoms with van der Waals surface area (Å²) in [6, 6.07) is 40.1. The van der Waals surface area contributed by atoms with E-state index < -0.39 is 77.6 Å². The lowest BCUT2D eigenvalue weighted by molar-refractivity contribution is -0.127. The minimum Gasteiger partial charge on any atom is -0.361 e. The molecule has 0 aliphatic heterocycles. The first kappa shape index (κ1) is 66.0. The van der Waals surface area contributed by atoms with Crippen LogP contribution in [0.2, 0.25) is 0 Å². The molecule has 476 valence electrons. The summed E-state index contributed by atoms with van der Waals surface area (Å²) in [4.78, 5) is 92.8. The van der Waals surface area contributed by atoms with E-state index in [0.717, 1.165) is 66.1 Å². The third-order valence-electron chi connectivity index (χ3n) is 16.6. The smallest absolute Gasteiger partial charge is 0.246 e. The Morgan fingerprint density at radius 2 is 0.604 bits per heavy atom. The van der Waals surface area contributed by atoms with E-state index in [1.54, 1.807) is 36.4 Å². The number of anilines is 3. The summed E-state index contributed by atoms with van der Waals surface area (Å²) in [6.45, 7) is 1.29. The van der Waals surface area contributed by atoms with E-state index in [1.165, 1.54) is 0 Å². The molecular formula is C70H85N15O6. The Morgan fingerprint density at radius 3 is 0.868 bits per heavy atom. The highest BCUT2D eigenvalue weighted by Crippen LogP contribution is 2.35. The van der Waals surface area contributed by atoms with Crippen LogP contribution in [0.25, 0.3) is 32.7 Å². The zero-order chi connectivity index (χ0) is 64.2. The molecule has 0 saturated heterocycles. The van der Waals surface area contributed by atoms with Crippen LogP contribution in [-0.4, -0.2) is 106 Å². The van der Waals surface area contributed by atoms with Gasteiger partial charge in [-0.1, -0.05) is 91.0 Å². The van der Waals surface area contributed by atoms with E-state index in [9.17, 15) is 28.8 Å². The van der Waals surface area contributed by atoms with Crippen LogP contribution in [0.4, 0.5) is 17.1 Å². The summed E-state index contributed by atoms with van der Waals surface area (Å²) in [7, 11) is 0. The fourth-order valence-corrected chi connectivity index (χ4v) is 11.6. The van der Waals surface area contributed by atoms with Crippen LogP contribution in [0.3, 0.4) is 0 Å². The third kappa shape index (κ3) is 17.7. The highest BCUT2D eigenvalue weighted by Gasteiger charge is 2.29. The van der Waals surface area contributed by atoms with Gasteiger partial charge in [0.25, 0.3) is 0 Å². The molecular weight excluding hydrogens is 1150 g/mol. The molecule has 0 saturated carbocycles. The summed E-state index contributed by atoms with van der Waals surface area (Å²) < 4.78 is 0. The number of rotatable bonds is 33. The molecule has 21 nitrogen and oxygen atoms in total. The second-order valence-electron chi connectivity index (χ2n) is 23.3. The van der Waals surface area contributed by atoms with Crippen molar-refractivity contribution >= 4 is 85.2 Å². The number of carbonyl (C=O) groups excluding carboxylic acids is 6. The van der Waals surface area contributed by atoms with E-state index in [2.05, 4.69) is 46.9 Å². The fraction of sp³-hybridized carbons (Fsp3) is 0.314. The van der Waals surface area contributed by atoms with Crippen molar-refractivity contribution in [3.8, 4) is 0 Å². The van der Waals surface area contributed by atoms with Crippen molar-refractivity contribution < 1.29 is 28.8 Å². The van der Waals surface area contributed by atoms with Crippen molar-refractivity contribution in [1.82, 2.24) is 30.9 Å². The molecule has 0 spiro atoms. The number of fused-ring (bicyclic) bond motifs is 3. The molecule has 9 aromatic rings. The number of para-hydroxylation sites is 3. The number of hydrogen-bond acceptors (Lipinski definition) is 12. The minimum atomic E-state index is -0.915. The van der Waals surface area contributed by atoms with Gasteiger partial charge in [-0.2, -0.15) is 0 Å². The first-order chi connectivity index (χ1) is 44.2. The monoisotopic (exact) mass is 1230 g/mol. The first-order valence-electron chi connectivity index (χ1n) is 31.4. The molecule has 3 aromatic heterocycles. The third-order valence-corrected chi connectivity index (χ3v) is 16.6. The number of hydrogen-bond donors (Lipinski definition) is 15. The van der Waals surface area contributed by atoms with Gasteiger partial charge in [0, 0.05) is 74.3 Å². The predicted octanol–water partition coefficient (Wildman–Crippen LogP) is 6.68. The zero-order valence-electron chi connectivity index (χ0n) is 51.2. The van der Waals surface area contributed by atoms with Crippen molar-refractivity contribution in [1.29, 1.82) is 0 Å². The highest BCUT2D eigenvalue weighted by molar-refractivity contribution is 6.00. The van der Waals surface area contributed by atoms with Gasteiger partial charge >= 0.3 is 0 Å². The lowest BCUT2D eigenvalue weighted by Gasteiger charge is -2.23. The molecule has 0 radical (unpaired) electrons. The maximum atomic E-state index is 14.1. The average molecular weight is 1230 g/mol. The number of benzene rings is 6. The molecule has 21 heteroatoms. The molecule has 9 rings (SSSR count). The Kier molecular flexibility index (Phi) is 23.4. The Bertz CT molecular complexity index is 3480. The van der Waals surface area contributed by atoms with E-state index in [4.69, 9.17) is 34.4 Å². The second kappa shape index (κ2) is 32.3. The fourth-order valence-electron chi connectivity index (χ4n) is 11.6. The van der Waals surface area contributed by atoms with Crippen molar-refractivity contribution in [3.63, 3.8) is 0 Å². The number of aromatic amines is 3. The summed E-state index contributed by atoms with van der Waals surface area (Å²) >= 11 is 0. The number of carbonyl (C=O) groups is 6. The summed E-state index contributed by atoms with van der Waals surface area (Å²) in [5.41, 5.74) is 46.4. The predicted molar refractivity (Wildman–Crippen MR) is 361 cm³/mol. The molecule has 21 N–H and O–H groups in total. The van der Waals surface area contributed by atoms with Gasteiger partial charge in [0.05, 0.1) is 18.1 Å². The first-order valence-corrected chi connectivity index (χ1v) is 31.4. The van der Waals surface area contributed by atoms with Gasteiger partial charge in [0.15, 0.2) is 0 Å². The SMILES string of the molecule is NCCCC[C@@H](NC(=O)[C@H](N)Cc1c[nH]c2ccccc12)C(=O)Nc1ccc(C(c2ccc(NC(=O)[C@@H](CCCCN)NC(=O)[C@H](N)Cc3c[nH]c4ccccc34)cc2)c2ccc(NC(=O)[C@@H](CCCCN)NC(=O)[C@H](N)Cc3c[nH]c4ccccc34)cc2)cc1. The van der Waals surface area contributed by atoms with E-state index in [0.29, 0.717) is 94.5 Å². The minimum absolute atomic E-state index is 0.267. The van der Waals surface area contributed by atoms with Gasteiger partial charge in [-0.25, -0.2) is 0 Å². The van der Waals surface area contributed by atoms with Crippen LogP contribution in [0.5, 0.6) is 0 Å². The molecule has 6 amide bonds. The number of nitrogens with one attached hydrogen (secondary N) is 9. The van der Waals surface area contributed by atoms with Gasteiger partial charge in [0.1, 0.15) is 18.1 Å². The van der Waals surface area contributed by atoms with Crippen molar-refractivity contribution in [2.24, 2.45) is 34.4 Å². The molecule has 6 aromatic carbocycles. The van der Waals surface area contributed by atoms with Crippen LogP contribution in [0, 0.1) is 0 Å². The van der Waals surface area contributed by atoms with Gasteiger partial charge in [-0.05, 0) is 185 Å². The molecule has 0 aliphatic rings. The van der Waals surface area contributed by atoms with Crippen LogP contribution in [-0.2, 0) is 48.0 Å². The second-order valence-corrected chi connectivity index (χ2v) is 23.3. The quantitative estimate of drug-likeness (QED) is 0.0151. The zero-order valence-corrected chi connectivity index (χ0v) is 51.2.